The Morgan fingerprint density at radius 3 is 1.41 bits per heavy atom. The van der Waals surface area contributed by atoms with Gasteiger partial charge in [0.15, 0.2) is 0 Å². The summed E-state index contributed by atoms with van der Waals surface area (Å²) in [7, 11) is 1.95. The second-order valence-electron chi connectivity index (χ2n) is 18.3. The van der Waals surface area contributed by atoms with Crippen LogP contribution in [0, 0.1) is 13.8 Å². The molecule has 352 valence electrons. The molecule has 2 aliphatic rings. The number of nitrogens with one attached hydrogen (secondary N) is 1. The average molecular weight is 919 g/mol. The zero-order chi connectivity index (χ0) is 47.3. The van der Waals surface area contributed by atoms with Gasteiger partial charge in [-0.15, -0.1) is 0 Å². The average Bonchev–Trinajstić information content (AvgIpc) is 4.05. The largest absolute Gasteiger partial charge is 0.301 e. The van der Waals surface area contributed by atoms with Crippen molar-refractivity contribution in [3.05, 3.63) is 156 Å². The monoisotopic (exact) mass is 919 g/mol. The summed E-state index contributed by atoms with van der Waals surface area (Å²) in [5.74, 6) is 0.894. The van der Waals surface area contributed by atoms with Crippen molar-refractivity contribution in [1.82, 2.24) is 59.5 Å². The number of benzene rings is 4. The summed E-state index contributed by atoms with van der Waals surface area (Å²) < 4.78 is 1.85. The first-order valence-corrected chi connectivity index (χ1v) is 24.3. The van der Waals surface area contributed by atoms with E-state index in [1.807, 2.05) is 58.7 Å². The lowest BCUT2D eigenvalue weighted by Crippen LogP contribution is -2.45. The lowest BCUT2D eigenvalue weighted by Gasteiger charge is -2.36. The highest BCUT2D eigenvalue weighted by molar-refractivity contribution is 5.82. The van der Waals surface area contributed by atoms with Crippen LogP contribution in [0.4, 0.5) is 23.3 Å². The van der Waals surface area contributed by atoms with Gasteiger partial charge in [-0.05, 0) is 74.5 Å². The van der Waals surface area contributed by atoms with Crippen molar-refractivity contribution < 1.29 is 0 Å². The molecule has 2 saturated heterocycles. The summed E-state index contributed by atoms with van der Waals surface area (Å²) in [4.78, 5) is 31.0. The summed E-state index contributed by atoms with van der Waals surface area (Å²) in [6.07, 6.45) is 7.59. The van der Waals surface area contributed by atoms with Crippen LogP contribution >= 0.6 is 0 Å². The Morgan fingerprint density at radius 1 is 0.507 bits per heavy atom. The van der Waals surface area contributed by atoms with Gasteiger partial charge in [0.2, 0.25) is 11.9 Å². The maximum atomic E-state index is 5.41. The first-order valence-electron chi connectivity index (χ1n) is 24.3. The predicted octanol–water partition coefficient (Wildman–Crippen LogP) is 9.17. The number of likely N-dealkylation sites (N-methyl/N-ethyl adjacent to an activating group) is 2. The molecule has 69 heavy (non-hydrogen) atoms. The quantitative estimate of drug-likeness (QED) is 0.0989. The van der Waals surface area contributed by atoms with E-state index in [-0.39, 0.29) is 0 Å². The van der Waals surface area contributed by atoms with E-state index in [1.54, 1.807) is 0 Å². The second-order valence-corrected chi connectivity index (χ2v) is 18.3. The summed E-state index contributed by atoms with van der Waals surface area (Å²) in [6.45, 7) is 21.2. The smallest absolute Gasteiger partial charge is 0.250 e. The number of hydrogen-bond donors (Lipinski definition) is 1. The maximum absolute atomic E-state index is 5.41. The van der Waals surface area contributed by atoms with E-state index in [0.29, 0.717) is 11.9 Å². The van der Waals surface area contributed by atoms with Gasteiger partial charge in [0.25, 0.3) is 0 Å². The van der Waals surface area contributed by atoms with Gasteiger partial charge in [-0.25, -0.2) is 30.0 Å². The molecule has 1 N–H and O–H groups in total. The van der Waals surface area contributed by atoms with Crippen LogP contribution in [0.5, 0.6) is 0 Å². The number of aryl methyl sites for hydroxylation is 3. The summed E-state index contributed by atoms with van der Waals surface area (Å²) in [5.41, 5.74) is 13.5. The van der Waals surface area contributed by atoms with Crippen molar-refractivity contribution in [3.63, 3.8) is 0 Å². The lowest BCUT2D eigenvalue weighted by atomic mass is 10.0. The van der Waals surface area contributed by atoms with Crippen molar-refractivity contribution in [1.29, 1.82) is 0 Å². The van der Waals surface area contributed by atoms with E-state index in [0.717, 1.165) is 135 Å². The Morgan fingerprint density at radius 2 is 0.942 bits per heavy atom. The predicted molar refractivity (Wildman–Crippen MR) is 276 cm³/mol. The Balaban J connectivity index is 1.09. The van der Waals surface area contributed by atoms with Gasteiger partial charge < -0.3 is 9.80 Å². The molecule has 4 aromatic carbocycles. The molecule has 0 atom stereocenters. The number of anilines is 4. The minimum Gasteiger partial charge on any atom is -0.301 e. The van der Waals surface area contributed by atoms with Crippen LogP contribution in [0.3, 0.4) is 0 Å². The number of nitrogens with zero attached hydrogens (tertiary/aromatic N) is 13. The van der Waals surface area contributed by atoms with E-state index < -0.39 is 0 Å². The molecule has 0 unspecified atom stereocenters. The SMILES string of the molecule is CCN1CCN(Cc2ccc(N(c3nccc(-c4c[nH]nc4-c4ccc(C)cc4)n3)N(c3ccc(CN4CCN(CC)CC4)cc3)c3nccc(-c4cn(C)nc4-c4ccc(C)cc4)n3)cc2)CC1. The Hall–Kier alpha value is -7.10. The van der Waals surface area contributed by atoms with Crippen LogP contribution in [0.2, 0.25) is 0 Å². The number of rotatable bonds is 15. The number of hydrogen-bond acceptors (Lipinski definition) is 12. The topological polar surface area (TPSA) is 118 Å². The first kappa shape index (κ1) is 45.7. The van der Waals surface area contributed by atoms with Gasteiger partial charge >= 0.3 is 0 Å². The Kier molecular flexibility index (Phi) is 13.7. The van der Waals surface area contributed by atoms with Crippen LogP contribution in [0.25, 0.3) is 45.0 Å². The van der Waals surface area contributed by atoms with Gasteiger partial charge in [0.05, 0.1) is 22.8 Å². The Labute approximate surface area is 405 Å². The van der Waals surface area contributed by atoms with E-state index in [2.05, 4.69) is 149 Å². The second kappa shape index (κ2) is 20.6. The van der Waals surface area contributed by atoms with Gasteiger partial charge in [-0.3, -0.25) is 19.6 Å². The fourth-order valence-corrected chi connectivity index (χ4v) is 9.39. The molecule has 0 spiro atoms. The summed E-state index contributed by atoms with van der Waals surface area (Å²) in [6, 6.07) is 38.4. The van der Waals surface area contributed by atoms with Crippen molar-refractivity contribution in [3.8, 4) is 45.0 Å². The van der Waals surface area contributed by atoms with E-state index in [1.165, 1.54) is 22.3 Å². The van der Waals surface area contributed by atoms with Crippen molar-refractivity contribution in [2.45, 2.75) is 40.8 Å². The molecular formula is C55H62N14. The molecule has 0 radical (unpaired) electrons. The fraction of sp³-hybridized carbons (Fsp3) is 0.309. The molecule has 0 amide bonds. The van der Waals surface area contributed by atoms with Gasteiger partial charge in [0, 0.05) is 120 Å². The van der Waals surface area contributed by atoms with Crippen LogP contribution < -0.4 is 10.0 Å². The van der Waals surface area contributed by atoms with E-state index in [4.69, 9.17) is 30.1 Å². The van der Waals surface area contributed by atoms with Crippen LogP contribution in [0.15, 0.2) is 134 Å². The minimum atomic E-state index is 0.445. The van der Waals surface area contributed by atoms with E-state index >= 15 is 0 Å². The highest BCUT2D eigenvalue weighted by atomic mass is 15.7. The fourth-order valence-electron chi connectivity index (χ4n) is 9.39. The minimum absolute atomic E-state index is 0.445. The molecule has 14 heteroatoms. The molecular weight excluding hydrogens is 857 g/mol. The molecule has 8 aromatic rings. The van der Waals surface area contributed by atoms with Crippen molar-refractivity contribution >= 4 is 23.3 Å². The number of H-pyrrole nitrogens is 1. The van der Waals surface area contributed by atoms with Gasteiger partial charge in [0.1, 0.15) is 11.4 Å². The molecule has 14 nitrogen and oxygen atoms in total. The number of hydrazine groups is 1. The Bertz CT molecular complexity index is 2930. The van der Waals surface area contributed by atoms with E-state index in [9.17, 15) is 0 Å². The normalized spacial score (nSPS) is 15.1. The molecule has 10 rings (SSSR count). The third kappa shape index (κ3) is 10.3. The molecule has 6 heterocycles. The maximum Gasteiger partial charge on any atom is 0.250 e. The zero-order valence-electron chi connectivity index (χ0n) is 40.5. The number of piperazine rings is 2. The number of aromatic nitrogens is 8. The van der Waals surface area contributed by atoms with Crippen LogP contribution in [-0.2, 0) is 20.1 Å². The molecule has 0 aliphatic carbocycles. The highest BCUT2D eigenvalue weighted by Gasteiger charge is 2.29. The first-order chi connectivity index (χ1) is 33.8. The molecule has 0 bridgehead atoms. The summed E-state index contributed by atoms with van der Waals surface area (Å²) in [5, 5.41) is 16.8. The van der Waals surface area contributed by atoms with Crippen molar-refractivity contribution in [2.75, 3.05) is 75.5 Å². The summed E-state index contributed by atoms with van der Waals surface area (Å²) >= 11 is 0. The van der Waals surface area contributed by atoms with Crippen molar-refractivity contribution in [2.24, 2.45) is 7.05 Å². The standard InChI is InChI=1S/C55H62N14/c1-6-64-28-32-66(33-29-64)37-42-12-20-46(21-13-42)68(54-56-26-24-50(59-54)48-36-58-61-52(48)44-16-8-40(3)9-17-44)69(47-22-14-43(15-23-47)38-67-34-30-65(7-2)31-35-67)55-57-27-25-51(60-55)49-39-63(5)62-53(49)45-18-10-41(4)11-19-45/h8-27,36,39H,6-7,28-35,37-38H2,1-5H3,(H,58,61). The van der Waals surface area contributed by atoms with Gasteiger partial charge in [-0.2, -0.15) is 10.2 Å². The molecule has 0 saturated carbocycles. The lowest BCUT2D eigenvalue weighted by molar-refractivity contribution is 0.132. The molecule has 4 aromatic heterocycles. The highest BCUT2D eigenvalue weighted by Crippen LogP contribution is 2.38. The molecule has 2 aliphatic heterocycles. The third-order valence-corrected chi connectivity index (χ3v) is 13.5. The zero-order valence-corrected chi connectivity index (χ0v) is 40.5. The number of aromatic amines is 1. The third-order valence-electron chi connectivity index (χ3n) is 13.5. The van der Waals surface area contributed by atoms with Crippen LogP contribution in [0.1, 0.15) is 36.1 Å². The van der Waals surface area contributed by atoms with Gasteiger partial charge in [-0.1, -0.05) is 97.8 Å². The van der Waals surface area contributed by atoms with Crippen LogP contribution in [-0.4, -0.2) is 125 Å². The molecule has 2 fully saturated rings.